The van der Waals surface area contributed by atoms with Crippen LogP contribution in [0.1, 0.15) is 44.4 Å². The first-order valence-electron chi connectivity index (χ1n) is 10.9. The van der Waals surface area contributed by atoms with Gasteiger partial charge in [0.05, 0.1) is 19.6 Å². The summed E-state index contributed by atoms with van der Waals surface area (Å²) in [6.45, 7) is 8.63. The molecule has 4 rings (SSSR count). The van der Waals surface area contributed by atoms with Crippen LogP contribution < -0.4 is 0 Å². The molecular weight excluding hydrogens is 436 g/mol. The molecule has 8 nitrogen and oxygen atoms in total. The highest BCUT2D eigenvalue weighted by Gasteiger charge is 2.50. The van der Waals surface area contributed by atoms with Gasteiger partial charge in [0.15, 0.2) is 0 Å². The zero-order valence-electron chi connectivity index (χ0n) is 19.5. The number of carbonyl (C=O) groups is 4. The Labute approximate surface area is 197 Å². The van der Waals surface area contributed by atoms with Crippen LogP contribution in [0.2, 0.25) is 0 Å². The number of imide groups is 1. The van der Waals surface area contributed by atoms with Gasteiger partial charge in [0, 0.05) is 0 Å². The topological polar surface area (TPSA) is 93.2 Å². The number of esters is 1. The van der Waals surface area contributed by atoms with Crippen LogP contribution in [-0.2, 0) is 23.9 Å². The van der Waals surface area contributed by atoms with E-state index in [1.165, 1.54) is 12.0 Å². The van der Waals surface area contributed by atoms with Gasteiger partial charge in [0.25, 0.3) is 5.91 Å². The van der Waals surface area contributed by atoms with E-state index >= 15 is 0 Å². The molecule has 2 aromatic rings. The molecule has 0 saturated carbocycles. The summed E-state index contributed by atoms with van der Waals surface area (Å²) in [5.41, 5.74) is 2.29. The summed E-state index contributed by atoms with van der Waals surface area (Å²) in [5.74, 6) is -2.25. The molecule has 1 saturated heterocycles. The van der Waals surface area contributed by atoms with E-state index in [1.807, 2.05) is 48.5 Å². The molecule has 8 heteroatoms. The summed E-state index contributed by atoms with van der Waals surface area (Å²) in [5, 5.41) is 0. The van der Waals surface area contributed by atoms with Gasteiger partial charge in [0.1, 0.15) is 17.3 Å². The number of carbonyl (C=O) groups excluding carboxylic acids is 4. The van der Waals surface area contributed by atoms with E-state index in [-0.39, 0.29) is 12.1 Å². The number of hydrogen-bond acceptors (Lipinski definition) is 6. The van der Waals surface area contributed by atoms with E-state index in [0.29, 0.717) is 4.90 Å². The minimum atomic E-state index is -1.18. The van der Waals surface area contributed by atoms with E-state index in [0.717, 1.165) is 22.3 Å². The maximum atomic E-state index is 13.5. The maximum absolute atomic E-state index is 13.5. The molecular formula is C26H26N2O6. The Bertz CT molecular complexity index is 1170. The number of ether oxygens (including phenoxy) is 2. The van der Waals surface area contributed by atoms with Crippen LogP contribution in [-0.4, -0.2) is 52.4 Å². The Morgan fingerprint density at radius 1 is 1.00 bits per heavy atom. The van der Waals surface area contributed by atoms with Gasteiger partial charge in [-0.15, -0.1) is 0 Å². The highest BCUT2D eigenvalue weighted by Crippen LogP contribution is 2.48. The quantitative estimate of drug-likeness (QED) is 0.390. The summed E-state index contributed by atoms with van der Waals surface area (Å²) in [6.07, 6.45) is -1.07. The lowest BCUT2D eigenvalue weighted by atomic mass is 10.0. The van der Waals surface area contributed by atoms with Gasteiger partial charge < -0.3 is 9.47 Å². The Hall–Kier alpha value is -3.94. The van der Waals surface area contributed by atoms with E-state index in [9.17, 15) is 19.2 Å². The third-order valence-corrected chi connectivity index (χ3v) is 5.83. The number of amides is 3. The number of hydrogen-bond donors (Lipinski definition) is 0. The Kier molecular flexibility index (Phi) is 5.77. The molecule has 0 aromatic heterocycles. The molecule has 2 aliphatic rings. The second kappa shape index (κ2) is 8.44. The van der Waals surface area contributed by atoms with Crippen molar-refractivity contribution in [3.05, 3.63) is 71.9 Å². The van der Waals surface area contributed by atoms with Crippen molar-refractivity contribution in [3.63, 3.8) is 0 Å². The Morgan fingerprint density at radius 3 is 2.03 bits per heavy atom. The highest BCUT2D eigenvalue weighted by molar-refractivity contribution is 6.12. The molecule has 0 N–H and O–H groups in total. The molecule has 2 aromatic carbocycles. The second-order valence-electron chi connectivity index (χ2n) is 9.19. The van der Waals surface area contributed by atoms with Crippen LogP contribution in [0.3, 0.4) is 0 Å². The summed E-state index contributed by atoms with van der Waals surface area (Å²) < 4.78 is 10.3. The van der Waals surface area contributed by atoms with Crippen molar-refractivity contribution >= 4 is 23.9 Å². The van der Waals surface area contributed by atoms with Gasteiger partial charge >= 0.3 is 12.1 Å². The first-order chi connectivity index (χ1) is 16.0. The lowest BCUT2D eigenvalue weighted by molar-refractivity contribution is -0.155. The van der Waals surface area contributed by atoms with E-state index in [2.05, 4.69) is 6.58 Å². The maximum Gasteiger partial charge on any atom is 0.410 e. The average Bonchev–Trinajstić information content (AvgIpc) is 3.27. The lowest BCUT2D eigenvalue weighted by Crippen LogP contribution is -2.47. The molecule has 1 unspecified atom stereocenters. The number of rotatable bonds is 4. The van der Waals surface area contributed by atoms with Crippen LogP contribution in [0.15, 0.2) is 60.8 Å². The predicted molar refractivity (Wildman–Crippen MR) is 123 cm³/mol. The molecule has 1 atom stereocenters. The van der Waals surface area contributed by atoms with Crippen molar-refractivity contribution in [1.29, 1.82) is 0 Å². The highest BCUT2D eigenvalue weighted by atomic mass is 16.6. The summed E-state index contributed by atoms with van der Waals surface area (Å²) in [4.78, 5) is 53.9. The number of likely N-dealkylation sites (tertiary alicyclic amines) is 1. The summed E-state index contributed by atoms with van der Waals surface area (Å²) in [6, 6.07) is 13.3. The SMILES string of the molecule is C=C(C(=O)OC(C)(C)C)N1C(=O)CC(N(C(=O)OC)C2c3ccccc3-c3ccccc32)C1=O. The van der Waals surface area contributed by atoms with Crippen molar-refractivity contribution in [2.75, 3.05) is 7.11 Å². The van der Waals surface area contributed by atoms with E-state index in [1.54, 1.807) is 20.8 Å². The van der Waals surface area contributed by atoms with Gasteiger partial charge in [-0.05, 0) is 43.0 Å². The van der Waals surface area contributed by atoms with Crippen molar-refractivity contribution in [2.45, 2.75) is 44.9 Å². The molecule has 3 amide bonds. The van der Waals surface area contributed by atoms with Crippen molar-refractivity contribution in [3.8, 4) is 11.1 Å². The fourth-order valence-electron chi connectivity index (χ4n) is 4.49. The van der Waals surface area contributed by atoms with E-state index < -0.39 is 41.6 Å². The van der Waals surface area contributed by atoms with Crippen LogP contribution in [0.4, 0.5) is 4.79 Å². The number of benzene rings is 2. The molecule has 0 radical (unpaired) electrons. The summed E-state index contributed by atoms with van der Waals surface area (Å²) in [7, 11) is 1.22. The second-order valence-corrected chi connectivity index (χ2v) is 9.19. The smallest absolute Gasteiger partial charge is 0.410 e. The monoisotopic (exact) mass is 462 g/mol. The van der Waals surface area contributed by atoms with Crippen LogP contribution >= 0.6 is 0 Å². The molecule has 1 heterocycles. The minimum Gasteiger partial charge on any atom is -0.455 e. The van der Waals surface area contributed by atoms with Crippen LogP contribution in [0.25, 0.3) is 11.1 Å². The standard InChI is InChI=1S/C26H26N2O6/c1-15(24(31)34-26(2,3)4)27-21(29)14-20(23(27)30)28(25(32)33-5)22-18-12-8-6-10-16(18)17-11-7-9-13-19(17)22/h6-13,20,22H,1,14H2,2-5H3. The van der Waals surface area contributed by atoms with Gasteiger partial charge in [-0.2, -0.15) is 0 Å². The number of methoxy groups -OCH3 is 1. The number of fused-ring (bicyclic) bond motifs is 3. The first kappa shape index (κ1) is 23.2. The van der Waals surface area contributed by atoms with Gasteiger partial charge in [0.2, 0.25) is 5.91 Å². The molecule has 1 fully saturated rings. The fourth-order valence-corrected chi connectivity index (χ4v) is 4.49. The Balaban J connectivity index is 1.74. The predicted octanol–water partition coefficient (Wildman–Crippen LogP) is 3.81. The molecule has 176 valence electrons. The molecule has 1 aliphatic carbocycles. The number of nitrogens with zero attached hydrogens (tertiary/aromatic N) is 2. The zero-order chi connectivity index (χ0) is 24.8. The molecule has 34 heavy (non-hydrogen) atoms. The molecule has 0 spiro atoms. The largest absolute Gasteiger partial charge is 0.455 e. The summed E-state index contributed by atoms with van der Waals surface area (Å²) >= 11 is 0. The lowest BCUT2D eigenvalue weighted by Gasteiger charge is -2.33. The minimum absolute atomic E-state index is 0.309. The normalized spacial score (nSPS) is 17.3. The third kappa shape index (κ3) is 3.85. The van der Waals surface area contributed by atoms with Crippen LogP contribution in [0, 0.1) is 0 Å². The van der Waals surface area contributed by atoms with E-state index in [4.69, 9.17) is 9.47 Å². The third-order valence-electron chi connectivity index (χ3n) is 5.83. The van der Waals surface area contributed by atoms with Crippen molar-refractivity contribution in [1.82, 2.24) is 9.80 Å². The van der Waals surface area contributed by atoms with Crippen LogP contribution in [0.5, 0.6) is 0 Å². The zero-order valence-corrected chi connectivity index (χ0v) is 19.5. The molecule has 0 bridgehead atoms. The van der Waals surface area contributed by atoms with Crippen molar-refractivity contribution in [2.24, 2.45) is 0 Å². The van der Waals surface area contributed by atoms with Gasteiger partial charge in [-0.1, -0.05) is 55.1 Å². The Morgan fingerprint density at radius 2 is 1.53 bits per heavy atom. The fraction of sp³-hybridized carbons (Fsp3) is 0.308. The molecule has 1 aliphatic heterocycles. The first-order valence-corrected chi connectivity index (χ1v) is 10.9. The average molecular weight is 463 g/mol. The van der Waals surface area contributed by atoms with Crippen molar-refractivity contribution < 1.29 is 28.7 Å². The van der Waals surface area contributed by atoms with Gasteiger partial charge in [-0.3, -0.25) is 14.5 Å². The van der Waals surface area contributed by atoms with Gasteiger partial charge in [-0.25, -0.2) is 14.5 Å².